The van der Waals surface area contributed by atoms with Gasteiger partial charge < -0.3 is 19.3 Å². The molecule has 2 aliphatic rings. The molecule has 0 fully saturated rings. The van der Waals surface area contributed by atoms with Crippen LogP contribution in [0.15, 0.2) is 35.5 Å². The minimum absolute atomic E-state index is 0.00907. The van der Waals surface area contributed by atoms with Crippen molar-refractivity contribution in [2.75, 3.05) is 20.3 Å². The maximum atomic E-state index is 12.7. The minimum Gasteiger partial charge on any atom is -0.393 e. The Morgan fingerprint density at radius 1 is 1.28 bits per heavy atom. The van der Waals surface area contributed by atoms with Crippen molar-refractivity contribution in [1.82, 2.24) is 0 Å². The van der Waals surface area contributed by atoms with Crippen LogP contribution in [0.2, 0.25) is 0 Å². The fourth-order valence-electron chi connectivity index (χ4n) is 2.69. The van der Waals surface area contributed by atoms with Crippen molar-refractivity contribution < 1.29 is 33.7 Å². The van der Waals surface area contributed by atoms with Gasteiger partial charge >= 0.3 is 11.9 Å². The highest BCUT2D eigenvalue weighted by atomic mass is 16.6. The molecule has 1 aliphatic carbocycles. The summed E-state index contributed by atoms with van der Waals surface area (Å²) in [7, 11) is 1.45. The summed E-state index contributed by atoms with van der Waals surface area (Å²) in [5, 5.41) is 9.83. The van der Waals surface area contributed by atoms with Crippen LogP contribution < -0.4 is 0 Å². The summed E-state index contributed by atoms with van der Waals surface area (Å²) in [5.41, 5.74) is 0.585. The van der Waals surface area contributed by atoms with Crippen LogP contribution in [0.1, 0.15) is 25.7 Å². The zero-order valence-electron chi connectivity index (χ0n) is 14.1. The Morgan fingerprint density at radius 3 is 2.80 bits per heavy atom. The molecule has 2 atom stereocenters. The quantitative estimate of drug-likeness (QED) is 0.544. The molecular formula is C18H22O7. The average Bonchev–Trinajstić information content (AvgIpc) is 2.60. The Morgan fingerprint density at radius 2 is 2.08 bits per heavy atom. The van der Waals surface area contributed by atoms with Gasteiger partial charge in [0.25, 0.3) is 0 Å². The van der Waals surface area contributed by atoms with Crippen molar-refractivity contribution >= 4 is 17.7 Å². The molecule has 0 aromatic heterocycles. The van der Waals surface area contributed by atoms with E-state index < -0.39 is 24.1 Å². The van der Waals surface area contributed by atoms with E-state index in [0.29, 0.717) is 25.0 Å². The van der Waals surface area contributed by atoms with E-state index in [-0.39, 0.29) is 30.8 Å². The number of ether oxygens (including phenoxy) is 3. The molecule has 0 radical (unpaired) electrons. The first-order valence-corrected chi connectivity index (χ1v) is 8.16. The van der Waals surface area contributed by atoms with Crippen molar-refractivity contribution in [3.8, 4) is 0 Å². The van der Waals surface area contributed by atoms with Gasteiger partial charge in [-0.1, -0.05) is 24.3 Å². The zero-order chi connectivity index (χ0) is 18.2. The number of aliphatic hydroxyl groups is 1. The Bertz CT molecular complexity index is 615. The number of allylic oxidation sites excluding steroid dienone is 4. The second-order valence-electron chi connectivity index (χ2n) is 5.78. The lowest BCUT2D eigenvalue weighted by Gasteiger charge is -2.24. The van der Waals surface area contributed by atoms with E-state index in [1.54, 1.807) is 18.2 Å². The zero-order valence-corrected chi connectivity index (χ0v) is 14.1. The molecule has 7 nitrogen and oxygen atoms in total. The summed E-state index contributed by atoms with van der Waals surface area (Å²) in [6, 6.07) is 0. The van der Waals surface area contributed by atoms with E-state index >= 15 is 0 Å². The summed E-state index contributed by atoms with van der Waals surface area (Å²) < 4.78 is 14.6. The first-order chi connectivity index (χ1) is 12.0. The van der Waals surface area contributed by atoms with Gasteiger partial charge in [0.2, 0.25) is 0 Å². The van der Waals surface area contributed by atoms with Crippen LogP contribution >= 0.6 is 0 Å². The van der Waals surface area contributed by atoms with Gasteiger partial charge in [-0.15, -0.1) is 0 Å². The number of methoxy groups -OCH3 is 1. The largest absolute Gasteiger partial charge is 0.393 e. The molecule has 1 heterocycles. The van der Waals surface area contributed by atoms with E-state index in [1.807, 2.05) is 6.08 Å². The highest BCUT2D eigenvalue weighted by Gasteiger charge is 2.31. The van der Waals surface area contributed by atoms with Crippen LogP contribution in [0.4, 0.5) is 0 Å². The number of aliphatic hydroxyl groups excluding tert-OH is 1. The lowest BCUT2D eigenvalue weighted by atomic mass is 9.83. The summed E-state index contributed by atoms with van der Waals surface area (Å²) in [6.45, 7) is 0.532. The lowest BCUT2D eigenvalue weighted by Crippen LogP contribution is -2.29. The van der Waals surface area contributed by atoms with Gasteiger partial charge in [-0.05, 0) is 12.8 Å². The van der Waals surface area contributed by atoms with Gasteiger partial charge in [0, 0.05) is 18.6 Å². The Balaban J connectivity index is 2.00. The SMILES string of the molecule is COCCC(=O)OC(=O)CC1CC=CC=C1C(=O)C1=CCCOC1O. The molecule has 7 heteroatoms. The van der Waals surface area contributed by atoms with Crippen molar-refractivity contribution in [2.24, 2.45) is 5.92 Å². The average molecular weight is 350 g/mol. The van der Waals surface area contributed by atoms with Crippen molar-refractivity contribution in [1.29, 1.82) is 0 Å². The van der Waals surface area contributed by atoms with Crippen molar-refractivity contribution in [3.05, 3.63) is 35.5 Å². The van der Waals surface area contributed by atoms with Gasteiger partial charge in [-0.3, -0.25) is 14.4 Å². The molecule has 0 aromatic rings. The van der Waals surface area contributed by atoms with Gasteiger partial charge in [0.1, 0.15) is 0 Å². The first kappa shape index (κ1) is 19.2. The number of rotatable bonds is 7. The predicted octanol–water partition coefficient (Wildman–Crippen LogP) is 1.22. The van der Waals surface area contributed by atoms with Crippen LogP contribution in [-0.4, -0.2) is 49.4 Å². The van der Waals surface area contributed by atoms with Gasteiger partial charge in [0.15, 0.2) is 12.1 Å². The second-order valence-corrected chi connectivity index (χ2v) is 5.78. The van der Waals surface area contributed by atoms with Crippen LogP contribution in [0.5, 0.6) is 0 Å². The van der Waals surface area contributed by atoms with Gasteiger partial charge in [-0.2, -0.15) is 0 Å². The number of ketones is 1. The number of carbonyl (C=O) groups excluding carboxylic acids is 3. The summed E-state index contributed by atoms with van der Waals surface area (Å²) >= 11 is 0. The molecular weight excluding hydrogens is 328 g/mol. The molecule has 0 saturated heterocycles. The molecule has 2 rings (SSSR count). The standard InChI is InChI=1S/C18H22O7/c1-23-10-8-15(19)25-16(20)11-12-5-2-3-6-13(12)17(21)14-7-4-9-24-18(14)22/h2-3,6-7,12,18,22H,4-5,8-11H2,1H3. The fraction of sp³-hybridized carbons (Fsp3) is 0.500. The molecule has 1 N–H and O–H groups in total. The number of esters is 2. The van der Waals surface area contributed by atoms with Crippen LogP contribution in [0.25, 0.3) is 0 Å². The summed E-state index contributed by atoms with van der Waals surface area (Å²) in [4.78, 5) is 36.1. The fourth-order valence-corrected chi connectivity index (χ4v) is 2.69. The number of hydrogen-bond acceptors (Lipinski definition) is 7. The first-order valence-electron chi connectivity index (χ1n) is 8.16. The van der Waals surface area contributed by atoms with Crippen LogP contribution in [0, 0.1) is 5.92 Å². The topological polar surface area (TPSA) is 99.1 Å². The van der Waals surface area contributed by atoms with Gasteiger partial charge in [-0.25, -0.2) is 0 Å². The Hall–Kier alpha value is -2.09. The predicted molar refractivity (Wildman–Crippen MR) is 87.2 cm³/mol. The molecule has 25 heavy (non-hydrogen) atoms. The highest BCUT2D eigenvalue weighted by molar-refractivity contribution is 6.09. The third-order valence-electron chi connectivity index (χ3n) is 3.97. The molecule has 0 saturated carbocycles. The third-order valence-corrected chi connectivity index (χ3v) is 3.97. The maximum Gasteiger partial charge on any atom is 0.315 e. The molecule has 0 spiro atoms. The van der Waals surface area contributed by atoms with E-state index in [9.17, 15) is 19.5 Å². The van der Waals surface area contributed by atoms with Crippen molar-refractivity contribution in [2.45, 2.75) is 32.0 Å². The summed E-state index contributed by atoms with van der Waals surface area (Å²) in [6.07, 6.45) is 6.51. The molecule has 0 aromatic carbocycles. The molecule has 0 amide bonds. The third kappa shape index (κ3) is 5.45. The molecule has 136 valence electrons. The Kier molecular flexibility index (Phi) is 7.24. The highest BCUT2D eigenvalue weighted by Crippen LogP contribution is 2.29. The molecule has 2 unspecified atom stereocenters. The van der Waals surface area contributed by atoms with Crippen molar-refractivity contribution in [3.63, 3.8) is 0 Å². The Labute approximate surface area is 145 Å². The number of hydrogen-bond donors (Lipinski definition) is 1. The van der Waals surface area contributed by atoms with E-state index in [0.717, 1.165) is 0 Å². The molecule has 0 bridgehead atoms. The molecule has 1 aliphatic heterocycles. The monoisotopic (exact) mass is 350 g/mol. The number of Topliss-reactive ketones (excluding diaryl/α,β-unsaturated/α-hetero) is 1. The lowest BCUT2D eigenvalue weighted by molar-refractivity contribution is -0.160. The number of carbonyl (C=O) groups is 3. The van der Waals surface area contributed by atoms with E-state index in [1.165, 1.54) is 7.11 Å². The van der Waals surface area contributed by atoms with Gasteiger partial charge in [0.05, 0.1) is 31.6 Å². The normalized spacial score (nSPS) is 22.8. The maximum absolute atomic E-state index is 12.7. The van der Waals surface area contributed by atoms with Crippen LogP contribution in [-0.2, 0) is 28.6 Å². The second kappa shape index (κ2) is 9.41. The van der Waals surface area contributed by atoms with Crippen LogP contribution in [0.3, 0.4) is 0 Å². The minimum atomic E-state index is -1.25. The summed E-state index contributed by atoms with van der Waals surface area (Å²) in [5.74, 6) is -2.10. The smallest absolute Gasteiger partial charge is 0.315 e. The van der Waals surface area contributed by atoms with E-state index in [2.05, 4.69) is 0 Å². The van der Waals surface area contributed by atoms with E-state index in [4.69, 9.17) is 14.2 Å².